The Balaban J connectivity index is 2.58. The first-order valence-electron chi connectivity index (χ1n) is 7.10. The number of hydrogen-bond acceptors (Lipinski definition) is 4. The van der Waals surface area contributed by atoms with Crippen LogP contribution in [0.25, 0.3) is 0 Å². The topological polar surface area (TPSA) is 74.3 Å². The summed E-state index contributed by atoms with van der Waals surface area (Å²) in [7, 11) is 3.97. The van der Waals surface area contributed by atoms with Crippen molar-refractivity contribution < 1.29 is 9.59 Å². The molecule has 1 heterocycles. The molecule has 0 fully saturated rings. The highest BCUT2D eigenvalue weighted by atomic mass is 16.2. The maximum atomic E-state index is 12.0. The summed E-state index contributed by atoms with van der Waals surface area (Å²) in [6.45, 7) is 5.26. The molecular weight excluding hydrogens is 268 g/mol. The lowest BCUT2D eigenvalue weighted by molar-refractivity contribution is 0.0943. The second-order valence-electron chi connectivity index (χ2n) is 5.47. The highest BCUT2D eigenvalue weighted by Crippen LogP contribution is 2.02. The summed E-state index contributed by atoms with van der Waals surface area (Å²) < 4.78 is 0. The zero-order chi connectivity index (χ0) is 15.8. The van der Waals surface area contributed by atoms with E-state index >= 15 is 0 Å². The molecule has 0 aliphatic carbocycles. The molecule has 0 spiro atoms. The summed E-state index contributed by atoms with van der Waals surface area (Å²) in [6.07, 6.45) is 2.34. The number of nitrogens with zero attached hydrogens (tertiary/aromatic N) is 2. The van der Waals surface area contributed by atoms with Crippen molar-refractivity contribution in [1.82, 2.24) is 20.5 Å². The fourth-order valence-electron chi connectivity index (χ4n) is 1.73. The zero-order valence-corrected chi connectivity index (χ0v) is 13.1. The van der Waals surface area contributed by atoms with E-state index in [-0.39, 0.29) is 23.6 Å². The fourth-order valence-corrected chi connectivity index (χ4v) is 1.73. The second kappa shape index (κ2) is 8.36. The molecule has 0 aliphatic rings. The Morgan fingerprint density at radius 2 is 2.00 bits per heavy atom. The Kier molecular flexibility index (Phi) is 6.81. The first kappa shape index (κ1) is 17.1. The van der Waals surface area contributed by atoms with Crippen molar-refractivity contribution >= 4 is 11.8 Å². The molecule has 1 rings (SSSR count). The van der Waals surface area contributed by atoms with Gasteiger partial charge >= 0.3 is 0 Å². The minimum absolute atomic E-state index is 0.0500. The van der Waals surface area contributed by atoms with E-state index in [1.54, 1.807) is 6.07 Å². The normalized spacial score (nSPS) is 10.8. The van der Waals surface area contributed by atoms with Crippen LogP contribution < -0.4 is 10.6 Å². The van der Waals surface area contributed by atoms with Gasteiger partial charge in [-0.3, -0.25) is 14.6 Å². The van der Waals surface area contributed by atoms with Crippen LogP contribution in [0.15, 0.2) is 18.3 Å². The standard InChI is InChI=1S/C15H24N4O2/c1-11(2)18-14(20)12-6-8-16-13(10-12)15(21)17-7-5-9-19(3)4/h6,8,10-11H,5,7,9H2,1-4H3,(H,17,21)(H,18,20). The molecule has 0 aliphatic heterocycles. The van der Waals surface area contributed by atoms with E-state index in [4.69, 9.17) is 0 Å². The smallest absolute Gasteiger partial charge is 0.269 e. The van der Waals surface area contributed by atoms with Gasteiger partial charge in [0.05, 0.1) is 0 Å². The third-order valence-electron chi connectivity index (χ3n) is 2.74. The van der Waals surface area contributed by atoms with Crippen molar-refractivity contribution in [2.75, 3.05) is 27.2 Å². The van der Waals surface area contributed by atoms with Gasteiger partial charge in [0, 0.05) is 24.3 Å². The maximum Gasteiger partial charge on any atom is 0.269 e. The number of nitrogens with one attached hydrogen (secondary N) is 2. The van der Waals surface area contributed by atoms with E-state index in [9.17, 15) is 9.59 Å². The number of carbonyl (C=O) groups excluding carboxylic acids is 2. The lowest BCUT2D eigenvalue weighted by atomic mass is 10.2. The molecule has 116 valence electrons. The molecule has 0 bridgehead atoms. The minimum Gasteiger partial charge on any atom is -0.351 e. The molecule has 0 aromatic carbocycles. The van der Waals surface area contributed by atoms with Crippen LogP contribution in [0.5, 0.6) is 0 Å². The first-order valence-corrected chi connectivity index (χ1v) is 7.10. The van der Waals surface area contributed by atoms with Gasteiger partial charge in [-0.1, -0.05) is 0 Å². The predicted octanol–water partition coefficient (Wildman–Crippen LogP) is 0.901. The quantitative estimate of drug-likeness (QED) is 0.732. The predicted molar refractivity (Wildman–Crippen MR) is 82.3 cm³/mol. The number of aromatic nitrogens is 1. The Labute approximate surface area is 125 Å². The summed E-state index contributed by atoms with van der Waals surface area (Å²) in [5, 5.41) is 5.59. The molecule has 1 aromatic rings. The molecule has 1 aromatic heterocycles. The van der Waals surface area contributed by atoms with E-state index in [1.807, 2.05) is 27.9 Å². The van der Waals surface area contributed by atoms with Crippen LogP contribution in [0, 0.1) is 0 Å². The molecule has 2 amide bonds. The van der Waals surface area contributed by atoms with E-state index in [0.717, 1.165) is 13.0 Å². The van der Waals surface area contributed by atoms with Gasteiger partial charge in [-0.15, -0.1) is 0 Å². The Hall–Kier alpha value is -1.95. The van der Waals surface area contributed by atoms with Gasteiger partial charge < -0.3 is 15.5 Å². The van der Waals surface area contributed by atoms with Gasteiger partial charge in [-0.05, 0) is 53.0 Å². The average molecular weight is 292 g/mol. The summed E-state index contributed by atoms with van der Waals surface area (Å²) in [4.78, 5) is 29.9. The molecule has 6 nitrogen and oxygen atoms in total. The molecule has 0 radical (unpaired) electrons. The van der Waals surface area contributed by atoms with Gasteiger partial charge in [0.15, 0.2) is 0 Å². The fraction of sp³-hybridized carbons (Fsp3) is 0.533. The molecule has 2 N–H and O–H groups in total. The monoisotopic (exact) mass is 292 g/mol. The molecule has 0 saturated carbocycles. The third-order valence-corrected chi connectivity index (χ3v) is 2.74. The third kappa shape index (κ3) is 6.35. The van der Waals surface area contributed by atoms with E-state index in [1.165, 1.54) is 12.3 Å². The number of pyridine rings is 1. The SMILES string of the molecule is CC(C)NC(=O)c1ccnc(C(=O)NCCCN(C)C)c1. The van der Waals surface area contributed by atoms with Gasteiger partial charge in [-0.25, -0.2) is 0 Å². The summed E-state index contributed by atoms with van der Waals surface area (Å²) in [6, 6.07) is 3.16. The van der Waals surface area contributed by atoms with E-state index in [0.29, 0.717) is 12.1 Å². The highest BCUT2D eigenvalue weighted by Gasteiger charge is 2.12. The van der Waals surface area contributed by atoms with Crippen molar-refractivity contribution in [2.45, 2.75) is 26.3 Å². The van der Waals surface area contributed by atoms with Crippen molar-refractivity contribution in [2.24, 2.45) is 0 Å². The van der Waals surface area contributed by atoms with Crippen LogP contribution in [0.3, 0.4) is 0 Å². The van der Waals surface area contributed by atoms with Crippen LogP contribution in [-0.4, -0.2) is 54.9 Å². The number of amides is 2. The zero-order valence-electron chi connectivity index (χ0n) is 13.1. The number of rotatable bonds is 7. The average Bonchev–Trinajstić information content (AvgIpc) is 2.42. The lowest BCUT2D eigenvalue weighted by Gasteiger charge is -2.10. The van der Waals surface area contributed by atoms with Gasteiger partial charge in [0.2, 0.25) is 0 Å². The first-order chi connectivity index (χ1) is 9.90. The second-order valence-corrected chi connectivity index (χ2v) is 5.47. The van der Waals surface area contributed by atoms with Crippen LogP contribution in [0.1, 0.15) is 41.1 Å². The van der Waals surface area contributed by atoms with Crippen LogP contribution in [-0.2, 0) is 0 Å². The van der Waals surface area contributed by atoms with E-state index in [2.05, 4.69) is 20.5 Å². The van der Waals surface area contributed by atoms with Gasteiger partial charge in [0.1, 0.15) is 5.69 Å². The van der Waals surface area contributed by atoms with Gasteiger partial charge in [0.25, 0.3) is 11.8 Å². The molecule has 0 atom stereocenters. The summed E-state index contributed by atoms with van der Waals surface area (Å²) in [5.41, 5.74) is 0.702. The Morgan fingerprint density at radius 3 is 2.62 bits per heavy atom. The molecule has 6 heteroatoms. The number of hydrogen-bond donors (Lipinski definition) is 2. The molecule has 0 unspecified atom stereocenters. The van der Waals surface area contributed by atoms with Crippen LogP contribution in [0.2, 0.25) is 0 Å². The maximum absolute atomic E-state index is 12.0. The van der Waals surface area contributed by atoms with E-state index < -0.39 is 0 Å². The largest absolute Gasteiger partial charge is 0.351 e. The summed E-state index contributed by atoms with van der Waals surface area (Å²) >= 11 is 0. The van der Waals surface area contributed by atoms with Crippen molar-refractivity contribution in [1.29, 1.82) is 0 Å². The Morgan fingerprint density at radius 1 is 1.29 bits per heavy atom. The Bertz CT molecular complexity index is 486. The van der Waals surface area contributed by atoms with Crippen molar-refractivity contribution in [3.63, 3.8) is 0 Å². The molecule has 0 saturated heterocycles. The minimum atomic E-state index is -0.257. The lowest BCUT2D eigenvalue weighted by Crippen LogP contribution is -2.31. The molecule has 21 heavy (non-hydrogen) atoms. The van der Waals surface area contributed by atoms with Crippen molar-refractivity contribution in [3.8, 4) is 0 Å². The number of carbonyl (C=O) groups is 2. The van der Waals surface area contributed by atoms with Crippen LogP contribution in [0.4, 0.5) is 0 Å². The van der Waals surface area contributed by atoms with Crippen LogP contribution >= 0.6 is 0 Å². The molecular formula is C15H24N4O2. The summed E-state index contributed by atoms with van der Waals surface area (Å²) in [5.74, 6) is -0.456. The highest BCUT2D eigenvalue weighted by molar-refractivity contribution is 5.98. The van der Waals surface area contributed by atoms with Gasteiger partial charge in [-0.2, -0.15) is 0 Å². The van der Waals surface area contributed by atoms with Crippen molar-refractivity contribution in [3.05, 3.63) is 29.6 Å².